The highest BCUT2D eigenvalue weighted by Crippen LogP contribution is 2.22. The van der Waals surface area contributed by atoms with Gasteiger partial charge in [0, 0.05) is 18.7 Å². The second-order valence-corrected chi connectivity index (χ2v) is 3.19. The summed E-state index contributed by atoms with van der Waals surface area (Å²) in [6, 6.07) is 3.74. The smallest absolute Gasteiger partial charge is 0.270 e. The van der Waals surface area contributed by atoms with Crippen molar-refractivity contribution in [3.8, 4) is 0 Å². The van der Waals surface area contributed by atoms with Crippen molar-refractivity contribution < 1.29 is 9.72 Å². The first-order valence-electron chi connectivity index (χ1n) is 4.28. The molecule has 6 heteroatoms. The Hall–Kier alpha value is -1.62. The van der Waals surface area contributed by atoms with Gasteiger partial charge in [-0.15, -0.1) is 0 Å². The van der Waals surface area contributed by atoms with Gasteiger partial charge >= 0.3 is 0 Å². The van der Waals surface area contributed by atoms with E-state index >= 15 is 0 Å². The first-order chi connectivity index (χ1) is 7.06. The van der Waals surface area contributed by atoms with E-state index in [1.807, 2.05) is 0 Å². The molecule has 1 amide bonds. The molecule has 1 aromatic carbocycles. The Kier molecular flexibility index (Phi) is 3.62. The largest absolute Gasteiger partial charge is 0.352 e. The van der Waals surface area contributed by atoms with Crippen LogP contribution in [-0.4, -0.2) is 17.4 Å². The molecule has 1 aromatic rings. The molecule has 0 unspecified atom stereocenters. The number of halogens is 1. The van der Waals surface area contributed by atoms with Crippen molar-refractivity contribution in [2.24, 2.45) is 0 Å². The minimum absolute atomic E-state index is 0.0788. The predicted molar refractivity (Wildman–Crippen MR) is 56.1 cm³/mol. The van der Waals surface area contributed by atoms with Crippen LogP contribution in [0.15, 0.2) is 18.2 Å². The number of nitrogens with zero attached hydrogens (tertiary/aromatic N) is 1. The van der Waals surface area contributed by atoms with Gasteiger partial charge in [-0.1, -0.05) is 11.6 Å². The van der Waals surface area contributed by atoms with Gasteiger partial charge in [0.15, 0.2) is 0 Å². The molecule has 0 fully saturated rings. The number of nitro groups is 1. The first-order valence-corrected chi connectivity index (χ1v) is 4.66. The monoisotopic (exact) mass is 228 g/mol. The van der Waals surface area contributed by atoms with Crippen LogP contribution in [0.3, 0.4) is 0 Å². The van der Waals surface area contributed by atoms with Gasteiger partial charge in [-0.3, -0.25) is 14.9 Å². The van der Waals surface area contributed by atoms with Crippen molar-refractivity contribution in [1.82, 2.24) is 5.32 Å². The van der Waals surface area contributed by atoms with E-state index in [-0.39, 0.29) is 22.2 Å². The summed E-state index contributed by atoms with van der Waals surface area (Å²) in [4.78, 5) is 21.2. The van der Waals surface area contributed by atoms with Crippen LogP contribution >= 0.6 is 11.6 Å². The molecule has 5 nitrogen and oxygen atoms in total. The van der Waals surface area contributed by atoms with Gasteiger partial charge in [-0.2, -0.15) is 0 Å². The summed E-state index contributed by atoms with van der Waals surface area (Å²) in [5, 5.41) is 13.0. The molecule has 0 aliphatic carbocycles. The number of hydrogen-bond acceptors (Lipinski definition) is 3. The van der Waals surface area contributed by atoms with E-state index in [2.05, 4.69) is 5.32 Å². The SMILES string of the molecule is CCNC(=O)c1ccc([N+](=O)[O-])cc1Cl. The molecule has 0 heterocycles. The fourth-order valence-electron chi connectivity index (χ4n) is 1.06. The molecule has 0 saturated heterocycles. The zero-order valence-electron chi connectivity index (χ0n) is 7.99. The molecule has 1 N–H and O–H groups in total. The van der Waals surface area contributed by atoms with Crippen molar-refractivity contribution in [3.05, 3.63) is 38.9 Å². The van der Waals surface area contributed by atoms with Gasteiger partial charge in [0.25, 0.3) is 11.6 Å². The number of non-ortho nitro benzene ring substituents is 1. The van der Waals surface area contributed by atoms with E-state index in [9.17, 15) is 14.9 Å². The Morgan fingerprint density at radius 3 is 2.73 bits per heavy atom. The maximum Gasteiger partial charge on any atom is 0.270 e. The minimum Gasteiger partial charge on any atom is -0.352 e. The number of benzene rings is 1. The van der Waals surface area contributed by atoms with Crippen molar-refractivity contribution >= 4 is 23.2 Å². The third-order valence-electron chi connectivity index (χ3n) is 1.75. The standard InChI is InChI=1S/C9H9ClN2O3/c1-2-11-9(13)7-4-3-6(12(14)15)5-8(7)10/h3-5H,2H2,1H3,(H,11,13). The molecule has 0 bridgehead atoms. The van der Waals surface area contributed by atoms with E-state index in [1.165, 1.54) is 12.1 Å². The first kappa shape index (κ1) is 11.5. The third-order valence-corrected chi connectivity index (χ3v) is 2.06. The number of hydrogen-bond donors (Lipinski definition) is 1. The molecule has 0 aromatic heterocycles. The fourth-order valence-corrected chi connectivity index (χ4v) is 1.32. The summed E-state index contributed by atoms with van der Waals surface area (Å²) in [5.74, 6) is -0.336. The lowest BCUT2D eigenvalue weighted by Crippen LogP contribution is -2.22. The molecular weight excluding hydrogens is 220 g/mol. The lowest BCUT2D eigenvalue weighted by Gasteiger charge is -2.03. The van der Waals surface area contributed by atoms with E-state index in [1.54, 1.807) is 6.92 Å². The Bertz CT molecular complexity index is 406. The Balaban J connectivity index is 3.03. The molecule has 1 rings (SSSR count). The average Bonchev–Trinajstić information content (AvgIpc) is 2.17. The van der Waals surface area contributed by atoms with Crippen molar-refractivity contribution in [3.63, 3.8) is 0 Å². The summed E-state index contributed by atoms with van der Waals surface area (Å²) in [7, 11) is 0. The second-order valence-electron chi connectivity index (χ2n) is 2.78. The lowest BCUT2D eigenvalue weighted by atomic mass is 10.2. The molecule has 0 aliphatic heterocycles. The summed E-state index contributed by atoms with van der Waals surface area (Å²) < 4.78 is 0. The summed E-state index contributed by atoms with van der Waals surface area (Å²) >= 11 is 5.74. The average molecular weight is 229 g/mol. The number of carbonyl (C=O) groups excluding carboxylic acids is 1. The highest BCUT2D eigenvalue weighted by molar-refractivity contribution is 6.34. The lowest BCUT2D eigenvalue weighted by molar-refractivity contribution is -0.384. The van der Waals surface area contributed by atoms with E-state index < -0.39 is 4.92 Å². The van der Waals surface area contributed by atoms with Crippen LogP contribution in [0.1, 0.15) is 17.3 Å². The van der Waals surface area contributed by atoms with Gasteiger partial charge in [0.2, 0.25) is 0 Å². The van der Waals surface area contributed by atoms with Crippen LogP contribution < -0.4 is 5.32 Å². The highest BCUT2D eigenvalue weighted by atomic mass is 35.5. The highest BCUT2D eigenvalue weighted by Gasteiger charge is 2.13. The van der Waals surface area contributed by atoms with E-state index in [4.69, 9.17) is 11.6 Å². The van der Waals surface area contributed by atoms with Gasteiger partial charge in [-0.05, 0) is 13.0 Å². The predicted octanol–water partition coefficient (Wildman–Crippen LogP) is 2.00. The normalized spacial score (nSPS) is 9.73. The Morgan fingerprint density at radius 2 is 2.27 bits per heavy atom. The van der Waals surface area contributed by atoms with Gasteiger partial charge in [0.1, 0.15) is 0 Å². The van der Waals surface area contributed by atoms with E-state index in [0.29, 0.717) is 6.54 Å². The zero-order chi connectivity index (χ0) is 11.4. The Morgan fingerprint density at radius 1 is 1.60 bits per heavy atom. The van der Waals surface area contributed by atoms with Gasteiger partial charge in [-0.25, -0.2) is 0 Å². The number of carbonyl (C=O) groups is 1. The minimum atomic E-state index is -0.562. The molecule has 80 valence electrons. The molecule has 15 heavy (non-hydrogen) atoms. The second kappa shape index (κ2) is 4.75. The molecule has 0 saturated carbocycles. The van der Waals surface area contributed by atoms with Crippen LogP contribution in [0.2, 0.25) is 5.02 Å². The molecule has 0 aliphatic rings. The quantitative estimate of drug-likeness (QED) is 0.635. The maximum absolute atomic E-state index is 11.4. The molecule has 0 radical (unpaired) electrons. The summed E-state index contributed by atoms with van der Waals surface area (Å²) in [6.45, 7) is 2.25. The van der Waals surface area contributed by atoms with Crippen LogP contribution in [0.5, 0.6) is 0 Å². The Labute approximate surface area is 91.2 Å². The number of amides is 1. The zero-order valence-corrected chi connectivity index (χ0v) is 8.75. The van der Waals surface area contributed by atoms with E-state index in [0.717, 1.165) is 6.07 Å². The number of nitro benzene ring substituents is 1. The van der Waals surface area contributed by atoms with Crippen LogP contribution in [0.4, 0.5) is 5.69 Å². The van der Waals surface area contributed by atoms with Crippen molar-refractivity contribution in [2.75, 3.05) is 6.54 Å². The molecule has 0 spiro atoms. The van der Waals surface area contributed by atoms with Crippen LogP contribution in [0.25, 0.3) is 0 Å². The summed E-state index contributed by atoms with van der Waals surface area (Å²) in [5.41, 5.74) is 0.108. The topological polar surface area (TPSA) is 72.2 Å². The van der Waals surface area contributed by atoms with Crippen molar-refractivity contribution in [1.29, 1.82) is 0 Å². The van der Waals surface area contributed by atoms with Crippen LogP contribution in [0, 0.1) is 10.1 Å². The van der Waals surface area contributed by atoms with Crippen molar-refractivity contribution in [2.45, 2.75) is 6.92 Å². The molecule has 0 atom stereocenters. The molecular formula is C9H9ClN2O3. The van der Waals surface area contributed by atoms with Gasteiger partial charge in [0.05, 0.1) is 15.5 Å². The number of nitrogens with one attached hydrogen (secondary N) is 1. The maximum atomic E-state index is 11.4. The third kappa shape index (κ3) is 2.66. The van der Waals surface area contributed by atoms with Crippen LogP contribution in [-0.2, 0) is 0 Å². The summed E-state index contributed by atoms with van der Waals surface area (Å²) in [6.07, 6.45) is 0. The number of rotatable bonds is 3. The van der Waals surface area contributed by atoms with Gasteiger partial charge < -0.3 is 5.32 Å². The fraction of sp³-hybridized carbons (Fsp3) is 0.222.